The molecule has 1 fully saturated rings. The van der Waals surface area contributed by atoms with Gasteiger partial charge in [0.15, 0.2) is 5.65 Å². The van der Waals surface area contributed by atoms with Gasteiger partial charge in [-0.1, -0.05) is 0 Å². The third kappa shape index (κ3) is 2.05. The smallest absolute Gasteiger partial charge is 0.177 e. The molecule has 16 heavy (non-hydrogen) atoms. The Morgan fingerprint density at radius 3 is 3.31 bits per heavy atom. The van der Waals surface area contributed by atoms with Gasteiger partial charge >= 0.3 is 0 Å². The zero-order valence-electron chi connectivity index (χ0n) is 8.94. The molecule has 0 aliphatic carbocycles. The standard InChI is InChI=1S/C11H14N4S/c1-2-9-11(13-3-1)15-10(14-9)6-8-7-16-5-4-12-8/h1-3,8,12H,4-7H2,(H,13,14,15). The Hall–Kier alpha value is -1.07. The van der Waals surface area contributed by atoms with Crippen LogP contribution in [0.25, 0.3) is 11.2 Å². The van der Waals surface area contributed by atoms with E-state index >= 15 is 0 Å². The Morgan fingerprint density at radius 1 is 1.50 bits per heavy atom. The van der Waals surface area contributed by atoms with Gasteiger partial charge in [0.05, 0.1) is 5.52 Å². The molecule has 2 aromatic heterocycles. The van der Waals surface area contributed by atoms with Crippen molar-refractivity contribution in [2.24, 2.45) is 0 Å². The van der Waals surface area contributed by atoms with Crippen LogP contribution in [0.2, 0.25) is 0 Å². The van der Waals surface area contributed by atoms with Crippen LogP contribution in [-0.2, 0) is 6.42 Å². The van der Waals surface area contributed by atoms with Crippen molar-refractivity contribution in [3.05, 3.63) is 24.2 Å². The Balaban J connectivity index is 1.78. The van der Waals surface area contributed by atoms with E-state index in [0.29, 0.717) is 6.04 Å². The first-order chi connectivity index (χ1) is 7.92. The first-order valence-electron chi connectivity index (χ1n) is 5.52. The predicted molar refractivity (Wildman–Crippen MR) is 66.7 cm³/mol. The number of hydrogen-bond donors (Lipinski definition) is 2. The molecule has 1 saturated heterocycles. The Morgan fingerprint density at radius 2 is 2.50 bits per heavy atom. The van der Waals surface area contributed by atoms with Crippen molar-refractivity contribution in [3.8, 4) is 0 Å². The summed E-state index contributed by atoms with van der Waals surface area (Å²) >= 11 is 2.01. The van der Waals surface area contributed by atoms with Crippen molar-refractivity contribution in [1.29, 1.82) is 0 Å². The molecule has 0 saturated carbocycles. The molecule has 0 amide bonds. The lowest BCUT2D eigenvalue weighted by Crippen LogP contribution is -2.39. The van der Waals surface area contributed by atoms with Crippen LogP contribution >= 0.6 is 11.8 Å². The van der Waals surface area contributed by atoms with Crippen LogP contribution in [0, 0.1) is 0 Å². The third-order valence-corrected chi connectivity index (χ3v) is 3.88. The highest BCUT2D eigenvalue weighted by atomic mass is 32.2. The minimum Gasteiger partial charge on any atom is -0.341 e. The van der Waals surface area contributed by atoms with Crippen LogP contribution in [0.1, 0.15) is 5.82 Å². The average Bonchev–Trinajstić information content (AvgIpc) is 2.72. The lowest BCUT2D eigenvalue weighted by molar-refractivity contribution is 0.553. The van der Waals surface area contributed by atoms with Crippen molar-refractivity contribution in [2.45, 2.75) is 12.5 Å². The number of rotatable bonds is 2. The molecular formula is C11H14N4S. The molecule has 1 unspecified atom stereocenters. The van der Waals surface area contributed by atoms with Gasteiger partial charge in [-0.05, 0) is 12.1 Å². The first kappa shape index (κ1) is 10.1. The summed E-state index contributed by atoms with van der Waals surface area (Å²) in [6, 6.07) is 4.49. The number of thioether (sulfide) groups is 1. The number of pyridine rings is 1. The minimum absolute atomic E-state index is 0.541. The number of hydrogen-bond acceptors (Lipinski definition) is 4. The van der Waals surface area contributed by atoms with E-state index in [1.165, 1.54) is 11.5 Å². The van der Waals surface area contributed by atoms with Crippen LogP contribution in [-0.4, -0.2) is 39.0 Å². The highest BCUT2D eigenvalue weighted by Gasteiger charge is 2.15. The molecule has 1 aliphatic rings. The molecule has 5 heteroatoms. The second kappa shape index (κ2) is 4.43. The van der Waals surface area contributed by atoms with Gasteiger partial charge in [0.25, 0.3) is 0 Å². The number of aromatic amines is 1. The van der Waals surface area contributed by atoms with Crippen LogP contribution in [0.4, 0.5) is 0 Å². The van der Waals surface area contributed by atoms with Crippen LogP contribution < -0.4 is 5.32 Å². The lowest BCUT2D eigenvalue weighted by Gasteiger charge is -2.21. The monoisotopic (exact) mass is 234 g/mol. The SMILES string of the molecule is c1cnc2nc(CC3CSCCN3)[nH]c2c1. The van der Waals surface area contributed by atoms with Crippen molar-refractivity contribution < 1.29 is 0 Å². The fourth-order valence-electron chi connectivity index (χ4n) is 1.98. The second-order valence-corrected chi connectivity index (χ2v) is 5.14. The van der Waals surface area contributed by atoms with E-state index < -0.39 is 0 Å². The molecule has 0 radical (unpaired) electrons. The number of nitrogens with one attached hydrogen (secondary N) is 2. The molecule has 4 nitrogen and oxygen atoms in total. The number of nitrogens with zero attached hydrogens (tertiary/aromatic N) is 2. The normalized spacial score (nSPS) is 21.4. The molecule has 84 valence electrons. The summed E-state index contributed by atoms with van der Waals surface area (Å²) in [7, 11) is 0. The molecule has 3 rings (SSSR count). The van der Waals surface area contributed by atoms with Gasteiger partial charge in [-0.15, -0.1) is 0 Å². The molecule has 0 aromatic carbocycles. The van der Waals surface area contributed by atoms with E-state index in [0.717, 1.165) is 30.0 Å². The zero-order valence-corrected chi connectivity index (χ0v) is 9.76. The van der Waals surface area contributed by atoms with Gasteiger partial charge in [0.2, 0.25) is 0 Å². The number of aromatic nitrogens is 3. The highest BCUT2D eigenvalue weighted by Crippen LogP contribution is 2.13. The summed E-state index contributed by atoms with van der Waals surface area (Å²) in [5, 5.41) is 3.51. The summed E-state index contributed by atoms with van der Waals surface area (Å²) < 4.78 is 0. The summed E-state index contributed by atoms with van der Waals surface area (Å²) in [4.78, 5) is 12.0. The van der Waals surface area contributed by atoms with Crippen molar-refractivity contribution >= 4 is 22.9 Å². The fraction of sp³-hybridized carbons (Fsp3) is 0.455. The van der Waals surface area contributed by atoms with Crippen LogP contribution in [0.5, 0.6) is 0 Å². The van der Waals surface area contributed by atoms with Gasteiger partial charge in [-0.3, -0.25) is 0 Å². The third-order valence-electron chi connectivity index (χ3n) is 2.74. The van der Waals surface area contributed by atoms with Gasteiger partial charge < -0.3 is 10.3 Å². The Bertz CT molecular complexity index is 443. The summed E-state index contributed by atoms with van der Waals surface area (Å²) in [6.07, 6.45) is 2.74. The van der Waals surface area contributed by atoms with Crippen molar-refractivity contribution in [2.75, 3.05) is 18.1 Å². The van der Waals surface area contributed by atoms with E-state index in [1.807, 2.05) is 23.9 Å². The maximum atomic E-state index is 4.49. The van der Waals surface area contributed by atoms with Crippen molar-refractivity contribution in [3.63, 3.8) is 0 Å². The number of H-pyrrole nitrogens is 1. The quantitative estimate of drug-likeness (QED) is 0.820. The Labute approximate surface area is 98.3 Å². The van der Waals surface area contributed by atoms with E-state index in [4.69, 9.17) is 0 Å². The number of imidazole rings is 1. The average molecular weight is 234 g/mol. The van der Waals surface area contributed by atoms with Gasteiger partial charge in [-0.25, -0.2) is 9.97 Å². The summed E-state index contributed by atoms with van der Waals surface area (Å²) in [6.45, 7) is 1.10. The first-order valence-corrected chi connectivity index (χ1v) is 6.68. The van der Waals surface area contributed by atoms with E-state index in [-0.39, 0.29) is 0 Å². The zero-order chi connectivity index (χ0) is 10.8. The molecule has 0 bridgehead atoms. The van der Waals surface area contributed by atoms with E-state index in [2.05, 4.69) is 20.3 Å². The van der Waals surface area contributed by atoms with E-state index in [1.54, 1.807) is 6.20 Å². The summed E-state index contributed by atoms with van der Waals surface area (Å²) in [5.74, 6) is 3.43. The lowest BCUT2D eigenvalue weighted by atomic mass is 10.2. The van der Waals surface area contributed by atoms with Gasteiger partial charge in [0.1, 0.15) is 5.82 Å². The van der Waals surface area contributed by atoms with Crippen LogP contribution in [0.3, 0.4) is 0 Å². The molecule has 1 atom stereocenters. The second-order valence-electron chi connectivity index (χ2n) is 3.99. The van der Waals surface area contributed by atoms with E-state index in [9.17, 15) is 0 Å². The predicted octanol–water partition coefficient (Wildman–Crippen LogP) is 1.21. The maximum absolute atomic E-state index is 4.49. The number of fused-ring (bicyclic) bond motifs is 1. The topological polar surface area (TPSA) is 53.6 Å². The largest absolute Gasteiger partial charge is 0.341 e. The Kier molecular flexibility index (Phi) is 2.80. The van der Waals surface area contributed by atoms with Gasteiger partial charge in [0, 0.05) is 36.7 Å². The molecular weight excluding hydrogens is 220 g/mol. The molecule has 1 aliphatic heterocycles. The molecule has 0 spiro atoms. The minimum atomic E-state index is 0.541. The fourth-order valence-corrected chi connectivity index (χ4v) is 2.92. The molecule has 3 heterocycles. The van der Waals surface area contributed by atoms with Gasteiger partial charge in [-0.2, -0.15) is 11.8 Å². The maximum Gasteiger partial charge on any atom is 0.177 e. The summed E-state index contributed by atoms with van der Waals surface area (Å²) in [5.41, 5.74) is 1.85. The molecule has 2 aromatic rings. The molecule has 2 N–H and O–H groups in total. The van der Waals surface area contributed by atoms with Crippen molar-refractivity contribution in [1.82, 2.24) is 20.3 Å². The highest BCUT2D eigenvalue weighted by molar-refractivity contribution is 7.99. The van der Waals surface area contributed by atoms with Crippen LogP contribution in [0.15, 0.2) is 18.3 Å².